The lowest BCUT2D eigenvalue weighted by Crippen LogP contribution is -2.36. The molecule has 1 saturated heterocycles. The Kier molecular flexibility index (Phi) is 3.97. The summed E-state index contributed by atoms with van der Waals surface area (Å²) in [4.78, 5) is 4.61. The van der Waals surface area contributed by atoms with Gasteiger partial charge in [-0.2, -0.15) is 4.98 Å². The predicted molar refractivity (Wildman–Crippen MR) is 72.7 cm³/mol. The van der Waals surface area contributed by atoms with Gasteiger partial charge in [0.05, 0.1) is 5.54 Å². The lowest BCUT2D eigenvalue weighted by Gasteiger charge is -2.26. The van der Waals surface area contributed by atoms with E-state index in [0.29, 0.717) is 11.7 Å². The Bertz CT molecular complexity index is 417. The molecule has 2 atom stereocenters. The van der Waals surface area contributed by atoms with Crippen molar-refractivity contribution in [2.45, 2.75) is 58.6 Å². The molecule has 2 heterocycles. The van der Waals surface area contributed by atoms with Crippen LogP contribution < -0.4 is 5.32 Å². The van der Waals surface area contributed by atoms with Crippen LogP contribution in [0.3, 0.4) is 0 Å². The smallest absolute Gasteiger partial charge is 0.247 e. The Morgan fingerprint density at radius 1 is 1.47 bits per heavy atom. The minimum absolute atomic E-state index is 0.0572. The molecule has 2 unspecified atom stereocenters. The van der Waals surface area contributed by atoms with Crippen molar-refractivity contribution < 1.29 is 9.26 Å². The Morgan fingerprint density at radius 2 is 2.21 bits per heavy atom. The van der Waals surface area contributed by atoms with Crippen molar-refractivity contribution in [2.75, 3.05) is 13.7 Å². The maximum Gasteiger partial charge on any atom is 0.247 e. The Hall–Kier alpha value is -0.940. The van der Waals surface area contributed by atoms with Crippen LogP contribution >= 0.6 is 0 Å². The van der Waals surface area contributed by atoms with Gasteiger partial charge in [0.1, 0.15) is 6.10 Å². The van der Waals surface area contributed by atoms with Crippen molar-refractivity contribution >= 4 is 0 Å². The van der Waals surface area contributed by atoms with Crippen molar-refractivity contribution in [1.29, 1.82) is 0 Å². The number of methoxy groups -OCH3 is 1. The van der Waals surface area contributed by atoms with E-state index in [9.17, 15) is 0 Å². The summed E-state index contributed by atoms with van der Waals surface area (Å²) in [5, 5.41) is 7.65. The van der Waals surface area contributed by atoms with E-state index in [2.05, 4.69) is 43.2 Å². The third-order valence-corrected chi connectivity index (χ3v) is 3.96. The molecule has 0 saturated carbocycles. The number of nitrogens with one attached hydrogen (secondary N) is 1. The predicted octanol–water partition coefficient (Wildman–Crippen LogP) is 2.79. The van der Waals surface area contributed by atoms with Gasteiger partial charge in [-0.25, -0.2) is 0 Å². The van der Waals surface area contributed by atoms with E-state index in [1.165, 1.54) is 0 Å². The highest BCUT2D eigenvalue weighted by molar-refractivity contribution is 5.08. The summed E-state index contributed by atoms with van der Waals surface area (Å²) in [5.74, 6) is 1.35. The lowest BCUT2D eigenvalue weighted by atomic mass is 9.88. The minimum Gasteiger partial charge on any atom is -0.373 e. The van der Waals surface area contributed by atoms with Crippen molar-refractivity contribution in [3.05, 3.63) is 11.7 Å². The third-order valence-electron chi connectivity index (χ3n) is 3.96. The second-order valence-electron chi connectivity index (χ2n) is 6.41. The molecule has 0 bridgehead atoms. The molecule has 1 aromatic heterocycles. The lowest BCUT2D eigenvalue weighted by molar-refractivity contribution is 0.00718. The Balaban J connectivity index is 2.28. The zero-order chi connectivity index (χ0) is 14.1. The van der Waals surface area contributed by atoms with E-state index in [-0.39, 0.29) is 17.1 Å². The summed E-state index contributed by atoms with van der Waals surface area (Å²) in [7, 11) is 1.69. The largest absolute Gasteiger partial charge is 0.373 e. The first kappa shape index (κ1) is 14.5. The first-order valence-corrected chi connectivity index (χ1v) is 7.05. The molecule has 5 nitrogen and oxygen atoms in total. The maximum absolute atomic E-state index is 5.54. The standard InChI is InChI=1S/C14H25N3O2/c1-6-14(8-7-9-15-14)12-16-11(17-19-12)10(18-5)13(2,3)4/h10,15H,6-9H2,1-5H3. The summed E-state index contributed by atoms with van der Waals surface area (Å²) >= 11 is 0. The highest BCUT2D eigenvalue weighted by Crippen LogP contribution is 2.37. The number of hydrogen-bond donors (Lipinski definition) is 1. The van der Waals surface area contributed by atoms with Crippen LogP contribution in [0.15, 0.2) is 4.52 Å². The molecule has 1 aromatic rings. The molecule has 1 fully saturated rings. The van der Waals surface area contributed by atoms with Crippen LogP contribution in [0.1, 0.15) is 64.8 Å². The van der Waals surface area contributed by atoms with E-state index < -0.39 is 0 Å². The van der Waals surface area contributed by atoms with E-state index >= 15 is 0 Å². The van der Waals surface area contributed by atoms with Gasteiger partial charge in [0.2, 0.25) is 11.7 Å². The highest BCUT2D eigenvalue weighted by Gasteiger charge is 2.40. The van der Waals surface area contributed by atoms with Crippen molar-refractivity contribution in [3.63, 3.8) is 0 Å². The van der Waals surface area contributed by atoms with Gasteiger partial charge in [0.25, 0.3) is 0 Å². The molecular weight excluding hydrogens is 242 g/mol. The number of aromatic nitrogens is 2. The first-order chi connectivity index (χ1) is 8.93. The molecule has 0 aliphatic carbocycles. The van der Waals surface area contributed by atoms with E-state index in [4.69, 9.17) is 9.26 Å². The van der Waals surface area contributed by atoms with Gasteiger partial charge in [-0.1, -0.05) is 32.9 Å². The van der Waals surface area contributed by atoms with Crippen LogP contribution in [0.25, 0.3) is 0 Å². The van der Waals surface area contributed by atoms with Crippen molar-refractivity contribution in [2.24, 2.45) is 5.41 Å². The molecule has 5 heteroatoms. The average molecular weight is 267 g/mol. The monoisotopic (exact) mass is 267 g/mol. The van der Waals surface area contributed by atoms with Crippen molar-refractivity contribution in [3.8, 4) is 0 Å². The summed E-state index contributed by atoms with van der Waals surface area (Å²) in [6.45, 7) is 9.50. The van der Waals surface area contributed by atoms with E-state index in [1.807, 2.05) is 0 Å². The minimum atomic E-state index is -0.152. The van der Waals surface area contributed by atoms with Crippen LogP contribution in [0.5, 0.6) is 0 Å². The normalized spacial score (nSPS) is 25.7. The van der Waals surface area contributed by atoms with Gasteiger partial charge >= 0.3 is 0 Å². The Morgan fingerprint density at radius 3 is 2.68 bits per heavy atom. The fourth-order valence-electron chi connectivity index (χ4n) is 2.82. The third kappa shape index (κ3) is 2.67. The topological polar surface area (TPSA) is 60.2 Å². The summed E-state index contributed by atoms with van der Waals surface area (Å²) in [6.07, 6.45) is 3.01. The van der Waals surface area contributed by atoms with Gasteiger partial charge in [-0.05, 0) is 31.2 Å². The van der Waals surface area contributed by atoms with E-state index in [1.54, 1.807) is 7.11 Å². The molecule has 1 aliphatic heterocycles. The van der Waals surface area contributed by atoms with Crippen LogP contribution in [0, 0.1) is 5.41 Å². The number of rotatable bonds is 4. The zero-order valence-corrected chi connectivity index (χ0v) is 12.6. The van der Waals surface area contributed by atoms with Crippen molar-refractivity contribution in [1.82, 2.24) is 15.5 Å². The second-order valence-corrected chi connectivity index (χ2v) is 6.41. The van der Waals surface area contributed by atoms with Gasteiger partial charge in [0.15, 0.2) is 0 Å². The van der Waals surface area contributed by atoms with Crippen LogP contribution in [-0.4, -0.2) is 23.8 Å². The first-order valence-electron chi connectivity index (χ1n) is 7.05. The maximum atomic E-state index is 5.54. The summed E-state index contributed by atoms with van der Waals surface area (Å²) in [5.41, 5.74) is -0.195. The van der Waals surface area contributed by atoms with Gasteiger partial charge in [-0.15, -0.1) is 0 Å². The SMILES string of the molecule is CCC1(c2nc(C(OC)C(C)(C)C)no2)CCCN1. The molecule has 0 radical (unpaired) electrons. The van der Waals surface area contributed by atoms with Crippen LogP contribution in [0.2, 0.25) is 0 Å². The zero-order valence-electron chi connectivity index (χ0n) is 12.6. The molecule has 1 aliphatic rings. The van der Waals surface area contributed by atoms with Crippen LogP contribution in [-0.2, 0) is 10.3 Å². The molecule has 0 amide bonds. The second kappa shape index (κ2) is 5.21. The van der Waals surface area contributed by atoms with E-state index in [0.717, 1.165) is 25.8 Å². The number of ether oxygens (including phenoxy) is 1. The summed E-state index contributed by atoms with van der Waals surface area (Å²) in [6, 6.07) is 0. The number of nitrogens with zero attached hydrogens (tertiary/aromatic N) is 2. The summed E-state index contributed by atoms with van der Waals surface area (Å²) < 4.78 is 11.1. The molecule has 0 aromatic carbocycles. The van der Waals surface area contributed by atoms with Gasteiger partial charge < -0.3 is 14.6 Å². The fourth-order valence-corrected chi connectivity index (χ4v) is 2.82. The average Bonchev–Trinajstić information content (AvgIpc) is 2.96. The van der Waals surface area contributed by atoms with Gasteiger partial charge in [-0.3, -0.25) is 0 Å². The molecule has 0 spiro atoms. The van der Waals surface area contributed by atoms with Gasteiger partial charge in [0, 0.05) is 7.11 Å². The molecular formula is C14H25N3O2. The molecule has 108 valence electrons. The quantitative estimate of drug-likeness (QED) is 0.909. The molecule has 1 N–H and O–H groups in total. The fraction of sp³-hybridized carbons (Fsp3) is 0.857. The van der Waals surface area contributed by atoms with Crippen LogP contribution in [0.4, 0.5) is 0 Å². The highest BCUT2D eigenvalue weighted by atomic mass is 16.5. The number of hydrogen-bond acceptors (Lipinski definition) is 5. The Labute approximate surface area is 115 Å². The molecule has 2 rings (SSSR count). The molecule has 19 heavy (non-hydrogen) atoms.